The first-order valence-corrected chi connectivity index (χ1v) is 7.77. The lowest BCUT2D eigenvalue weighted by Crippen LogP contribution is -2.42. The van der Waals surface area contributed by atoms with E-state index in [2.05, 4.69) is 10.3 Å². The summed E-state index contributed by atoms with van der Waals surface area (Å²) in [6.07, 6.45) is 3.38. The Hall–Kier alpha value is -2.44. The number of carbonyl (C=O) groups excluding carboxylic acids is 2. The first-order chi connectivity index (χ1) is 10.9. The molecule has 1 aliphatic carbocycles. The van der Waals surface area contributed by atoms with Gasteiger partial charge in [-0.3, -0.25) is 14.4 Å². The molecular formula is C16H20N2O5. The number of aliphatic carboxylic acids is 1. The van der Waals surface area contributed by atoms with E-state index in [4.69, 9.17) is 5.11 Å². The molecule has 0 aliphatic heterocycles. The van der Waals surface area contributed by atoms with E-state index >= 15 is 0 Å². The highest BCUT2D eigenvalue weighted by molar-refractivity contribution is 6.02. The summed E-state index contributed by atoms with van der Waals surface area (Å²) in [4.78, 5) is 49.9. The Kier molecular flexibility index (Phi) is 5.31. The molecule has 0 bridgehead atoms. The second kappa shape index (κ2) is 7.21. The number of nitrogens with one attached hydrogen (secondary N) is 2. The number of pyridine rings is 1. The second-order valence-corrected chi connectivity index (χ2v) is 5.69. The predicted molar refractivity (Wildman–Crippen MR) is 82.7 cm³/mol. The van der Waals surface area contributed by atoms with Gasteiger partial charge < -0.3 is 15.4 Å². The number of hydrogen-bond acceptors (Lipinski definition) is 4. The van der Waals surface area contributed by atoms with Crippen LogP contribution in [-0.2, 0) is 11.2 Å². The van der Waals surface area contributed by atoms with E-state index < -0.39 is 23.5 Å². The number of amides is 1. The van der Waals surface area contributed by atoms with Crippen molar-refractivity contribution in [1.82, 2.24) is 10.3 Å². The van der Waals surface area contributed by atoms with E-state index in [-0.39, 0.29) is 11.3 Å². The molecule has 1 atom stereocenters. The molecule has 0 spiro atoms. The monoisotopic (exact) mass is 320 g/mol. The fraction of sp³-hybridized carbons (Fsp3) is 0.500. The van der Waals surface area contributed by atoms with Crippen molar-refractivity contribution in [2.24, 2.45) is 0 Å². The molecule has 1 heterocycles. The summed E-state index contributed by atoms with van der Waals surface area (Å²) in [7, 11) is 0. The van der Waals surface area contributed by atoms with Gasteiger partial charge in [0.1, 0.15) is 11.6 Å². The largest absolute Gasteiger partial charge is 0.480 e. The van der Waals surface area contributed by atoms with E-state index in [1.165, 1.54) is 6.07 Å². The molecule has 0 saturated carbocycles. The van der Waals surface area contributed by atoms with Crippen molar-refractivity contribution in [2.75, 3.05) is 0 Å². The van der Waals surface area contributed by atoms with E-state index in [1.807, 2.05) is 6.92 Å². The standard InChI is InChI=1S/C16H20N2O5/c1-2-3-5-12(16(22)23)18-15(21)10-8-9-11(17-14(10)20)6-4-7-13(9)19/h8,12H,2-7H2,1H3,(H,17,20)(H,18,21)(H,22,23). The molecule has 7 nitrogen and oxygen atoms in total. The topological polar surface area (TPSA) is 116 Å². The number of ketones is 1. The average molecular weight is 320 g/mol. The summed E-state index contributed by atoms with van der Waals surface area (Å²) in [5.41, 5.74) is 0.0716. The number of aromatic nitrogens is 1. The van der Waals surface area contributed by atoms with E-state index in [9.17, 15) is 19.2 Å². The molecule has 7 heteroatoms. The second-order valence-electron chi connectivity index (χ2n) is 5.69. The molecule has 1 aromatic heterocycles. The summed E-state index contributed by atoms with van der Waals surface area (Å²) >= 11 is 0. The van der Waals surface area contributed by atoms with Crippen molar-refractivity contribution in [1.29, 1.82) is 0 Å². The van der Waals surface area contributed by atoms with Crippen LogP contribution in [0.1, 0.15) is 65.4 Å². The van der Waals surface area contributed by atoms with Crippen molar-refractivity contribution in [3.05, 3.63) is 33.2 Å². The molecule has 0 saturated heterocycles. The number of Topliss-reactive ketones (excluding diaryl/α,β-unsaturated/α-hetero) is 1. The molecule has 124 valence electrons. The highest BCUT2D eigenvalue weighted by Crippen LogP contribution is 2.18. The highest BCUT2D eigenvalue weighted by atomic mass is 16.4. The normalized spacial score (nSPS) is 14.9. The molecule has 0 fully saturated rings. The van der Waals surface area contributed by atoms with E-state index in [0.717, 1.165) is 6.42 Å². The van der Waals surface area contributed by atoms with Crippen LogP contribution in [0.2, 0.25) is 0 Å². The molecular weight excluding hydrogens is 300 g/mol. The third-order valence-corrected chi connectivity index (χ3v) is 3.95. The molecule has 3 N–H and O–H groups in total. The van der Waals surface area contributed by atoms with Crippen molar-refractivity contribution < 1.29 is 19.5 Å². The van der Waals surface area contributed by atoms with Crippen LogP contribution in [-0.4, -0.2) is 33.8 Å². The maximum Gasteiger partial charge on any atom is 0.326 e. The number of unbranched alkanes of at least 4 members (excludes halogenated alkanes) is 1. The minimum Gasteiger partial charge on any atom is -0.480 e. The maximum atomic E-state index is 12.2. The van der Waals surface area contributed by atoms with Crippen LogP contribution in [0.4, 0.5) is 0 Å². The Labute approximate surface area is 133 Å². The number of carbonyl (C=O) groups is 3. The van der Waals surface area contributed by atoms with Crippen molar-refractivity contribution in [2.45, 2.75) is 51.5 Å². The van der Waals surface area contributed by atoms with Crippen LogP contribution in [0, 0.1) is 0 Å². The fourth-order valence-corrected chi connectivity index (χ4v) is 2.65. The molecule has 2 rings (SSSR count). The number of aromatic amines is 1. The predicted octanol–water partition coefficient (Wildman–Crippen LogP) is 1.27. The lowest BCUT2D eigenvalue weighted by atomic mass is 9.93. The van der Waals surface area contributed by atoms with Gasteiger partial charge in [-0.05, 0) is 25.3 Å². The van der Waals surface area contributed by atoms with Gasteiger partial charge >= 0.3 is 5.97 Å². The van der Waals surface area contributed by atoms with Crippen molar-refractivity contribution >= 4 is 17.7 Å². The molecule has 0 radical (unpaired) electrons. The fourth-order valence-electron chi connectivity index (χ4n) is 2.65. The van der Waals surface area contributed by atoms with Crippen LogP contribution < -0.4 is 10.9 Å². The van der Waals surface area contributed by atoms with Crippen LogP contribution in [0.15, 0.2) is 10.9 Å². The highest BCUT2D eigenvalue weighted by Gasteiger charge is 2.25. The van der Waals surface area contributed by atoms with E-state index in [1.54, 1.807) is 0 Å². The molecule has 1 aromatic rings. The van der Waals surface area contributed by atoms with E-state index in [0.29, 0.717) is 43.4 Å². The third-order valence-electron chi connectivity index (χ3n) is 3.95. The average Bonchev–Trinajstić information content (AvgIpc) is 2.50. The Balaban J connectivity index is 2.25. The van der Waals surface area contributed by atoms with Gasteiger partial charge in [0.25, 0.3) is 11.5 Å². The number of carboxylic acid groups (broad SMARTS) is 1. The van der Waals surface area contributed by atoms with Gasteiger partial charge in [0.15, 0.2) is 5.78 Å². The number of aryl methyl sites for hydroxylation is 1. The third kappa shape index (κ3) is 3.85. The number of hydrogen-bond donors (Lipinski definition) is 3. The van der Waals surface area contributed by atoms with Crippen molar-refractivity contribution in [3.8, 4) is 0 Å². The molecule has 23 heavy (non-hydrogen) atoms. The Bertz CT molecular complexity index is 692. The van der Waals surface area contributed by atoms with Gasteiger partial charge in [-0.2, -0.15) is 0 Å². The molecule has 1 unspecified atom stereocenters. The number of rotatable bonds is 6. The van der Waals surface area contributed by atoms with Gasteiger partial charge in [-0.25, -0.2) is 4.79 Å². The summed E-state index contributed by atoms with van der Waals surface area (Å²) in [5.74, 6) is -2.02. The quantitative estimate of drug-likeness (QED) is 0.730. The van der Waals surface area contributed by atoms with Gasteiger partial charge in [-0.1, -0.05) is 19.8 Å². The van der Waals surface area contributed by atoms with Gasteiger partial charge in [-0.15, -0.1) is 0 Å². The minimum atomic E-state index is -1.14. The summed E-state index contributed by atoms with van der Waals surface area (Å²) < 4.78 is 0. The molecule has 1 aliphatic rings. The number of H-pyrrole nitrogens is 1. The smallest absolute Gasteiger partial charge is 0.326 e. The summed E-state index contributed by atoms with van der Waals surface area (Å²) in [6.45, 7) is 1.92. The Morgan fingerprint density at radius 1 is 1.35 bits per heavy atom. The van der Waals surface area contributed by atoms with Gasteiger partial charge in [0.05, 0.1) is 0 Å². The first kappa shape index (κ1) is 16.9. The zero-order chi connectivity index (χ0) is 17.0. The maximum absolute atomic E-state index is 12.2. The molecule has 1 amide bonds. The Morgan fingerprint density at radius 2 is 2.09 bits per heavy atom. The SMILES string of the molecule is CCCCC(NC(=O)c1cc2c([nH]c1=O)CCCC2=O)C(=O)O. The number of carboxylic acids is 1. The zero-order valence-corrected chi connectivity index (χ0v) is 13.0. The number of fused-ring (bicyclic) bond motifs is 1. The van der Waals surface area contributed by atoms with Gasteiger partial charge in [0.2, 0.25) is 0 Å². The van der Waals surface area contributed by atoms with Crippen LogP contribution in [0.3, 0.4) is 0 Å². The van der Waals surface area contributed by atoms with Crippen LogP contribution in [0.5, 0.6) is 0 Å². The summed E-state index contributed by atoms with van der Waals surface area (Å²) in [6, 6.07) is 0.234. The van der Waals surface area contributed by atoms with Crippen LogP contribution in [0.25, 0.3) is 0 Å². The summed E-state index contributed by atoms with van der Waals surface area (Å²) in [5, 5.41) is 11.5. The lowest BCUT2D eigenvalue weighted by molar-refractivity contribution is -0.139. The van der Waals surface area contributed by atoms with Gasteiger partial charge in [0, 0.05) is 17.7 Å². The van der Waals surface area contributed by atoms with Crippen LogP contribution >= 0.6 is 0 Å². The minimum absolute atomic E-state index is 0.114. The lowest BCUT2D eigenvalue weighted by Gasteiger charge is -2.17. The molecule has 0 aromatic carbocycles. The first-order valence-electron chi connectivity index (χ1n) is 7.77. The zero-order valence-electron chi connectivity index (χ0n) is 13.0. The Morgan fingerprint density at radius 3 is 2.74 bits per heavy atom. The van der Waals surface area contributed by atoms with Crippen molar-refractivity contribution in [3.63, 3.8) is 0 Å².